The average Bonchev–Trinajstić information content (AvgIpc) is 2.86. The molecule has 0 saturated heterocycles. The van der Waals surface area contributed by atoms with Gasteiger partial charge < -0.3 is 0 Å². The van der Waals surface area contributed by atoms with E-state index in [0.29, 0.717) is 0 Å². The van der Waals surface area contributed by atoms with Gasteiger partial charge in [-0.2, -0.15) is 0 Å². The van der Waals surface area contributed by atoms with Gasteiger partial charge in [-0.1, -0.05) is 24.3 Å². The summed E-state index contributed by atoms with van der Waals surface area (Å²) < 4.78 is 13.6. The first-order valence-corrected chi connectivity index (χ1v) is 7.02. The van der Waals surface area contributed by atoms with Crippen LogP contribution in [0.2, 0.25) is 0 Å². The molecule has 1 aliphatic carbocycles. The number of aryl methyl sites for hydroxylation is 3. The number of fused-ring (bicyclic) bond motifs is 1. The molecule has 0 bridgehead atoms. The first-order chi connectivity index (χ1) is 9.67. The highest BCUT2D eigenvalue weighted by atomic mass is 19.1. The maximum atomic E-state index is 13.6. The molecule has 104 valence electrons. The molecule has 0 fully saturated rings. The van der Waals surface area contributed by atoms with Gasteiger partial charge >= 0.3 is 0 Å². The van der Waals surface area contributed by atoms with Crippen LogP contribution in [-0.2, 0) is 12.8 Å². The summed E-state index contributed by atoms with van der Waals surface area (Å²) in [6, 6.07) is 11.3. The molecule has 2 aromatic carbocycles. The van der Waals surface area contributed by atoms with Crippen LogP contribution in [0.25, 0.3) is 0 Å². The molecule has 20 heavy (non-hydrogen) atoms. The van der Waals surface area contributed by atoms with Crippen molar-refractivity contribution in [3.8, 4) is 0 Å². The Morgan fingerprint density at radius 1 is 1.05 bits per heavy atom. The smallest absolute Gasteiger partial charge is 0.123 e. The molecule has 3 heteroatoms. The number of nitrogens with two attached hydrogens (primary N) is 1. The van der Waals surface area contributed by atoms with E-state index in [1.54, 1.807) is 6.07 Å². The molecule has 0 aromatic heterocycles. The minimum Gasteiger partial charge on any atom is -0.271 e. The van der Waals surface area contributed by atoms with Crippen LogP contribution in [0, 0.1) is 12.7 Å². The largest absolute Gasteiger partial charge is 0.271 e. The molecule has 1 aliphatic rings. The minimum atomic E-state index is -0.221. The first kappa shape index (κ1) is 13.3. The van der Waals surface area contributed by atoms with Gasteiger partial charge in [-0.25, -0.2) is 9.82 Å². The fraction of sp³-hybridized carbons (Fsp3) is 0.294. The maximum absolute atomic E-state index is 13.6. The summed E-state index contributed by atoms with van der Waals surface area (Å²) in [6.07, 6.45) is 3.51. The third-order valence-electron chi connectivity index (χ3n) is 4.02. The number of hydrogen-bond donors (Lipinski definition) is 2. The van der Waals surface area contributed by atoms with Gasteiger partial charge in [0.1, 0.15) is 5.82 Å². The number of nitrogens with one attached hydrogen (secondary N) is 1. The minimum absolute atomic E-state index is 0.171. The van der Waals surface area contributed by atoms with Gasteiger partial charge in [-0.05, 0) is 66.1 Å². The second-order valence-corrected chi connectivity index (χ2v) is 5.54. The van der Waals surface area contributed by atoms with E-state index in [4.69, 9.17) is 5.84 Å². The van der Waals surface area contributed by atoms with Crippen LogP contribution >= 0.6 is 0 Å². The summed E-state index contributed by atoms with van der Waals surface area (Å²) in [7, 11) is 0. The molecule has 1 unspecified atom stereocenters. The van der Waals surface area contributed by atoms with Crippen molar-refractivity contribution >= 4 is 0 Å². The van der Waals surface area contributed by atoms with Crippen LogP contribution in [0.5, 0.6) is 0 Å². The summed E-state index contributed by atoms with van der Waals surface area (Å²) in [4.78, 5) is 0. The van der Waals surface area contributed by atoms with Crippen molar-refractivity contribution in [1.29, 1.82) is 0 Å². The molecule has 1 atom stereocenters. The molecule has 0 amide bonds. The third kappa shape index (κ3) is 2.47. The van der Waals surface area contributed by atoms with Crippen molar-refractivity contribution < 1.29 is 4.39 Å². The zero-order chi connectivity index (χ0) is 14.1. The maximum Gasteiger partial charge on any atom is 0.123 e. The second-order valence-electron chi connectivity index (χ2n) is 5.54. The summed E-state index contributed by atoms with van der Waals surface area (Å²) in [5, 5.41) is 0. The number of hydrazine groups is 1. The van der Waals surface area contributed by atoms with Crippen molar-refractivity contribution in [2.75, 3.05) is 0 Å². The van der Waals surface area contributed by atoms with Crippen LogP contribution in [0.3, 0.4) is 0 Å². The third-order valence-corrected chi connectivity index (χ3v) is 4.02. The van der Waals surface area contributed by atoms with Crippen LogP contribution < -0.4 is 11.3 Å². The average molecular weight is 270 g/mol. The Balaban J connectivity index is 2.01. The van der Waals surface area contributed by atoms with Gasteiger partial charge in [0.05, 0.1) is 6.04 Å². The fourth-order valence-corrected chi connectivity index (χ4v) is 3.09. The highest BCUT2D eigenvalue weighted by Crippen LogP contribution is 2.28. The molecule has 2 aromatic rings. The van der Waals surface area contributed by atoms with Crippen LogP contribution in [-0.4, -0.2) is 0 Å². The van der Waals surface area contributed by atoms with E-state index >= 15 is 0 Å². The molecule has 0 aliphatic heterocycles. The number of benzene rings is 2. The van der Waals surface area contributed by atoms with Gasteiger partial charge in [0.25, 0.3) is 0 Å². The molecule has 0 saturated carbocycles. The lowest BCUT2D eigenvalue weighted by Gasteiger charge is -2.18. The molecule has 3 N–H and O–H groups in total. The van der Waals surface area contributed by atoms with Crippen molar-refractivity contribution in [3.05, 3.63) is 70.0 Å². The Bertz CT molecular complexity index is 617. The van der Waals surface area contributed by atoms with Crippen molar-refractivity contribution in [1.82, 2.24) is 5.43 Å². The van der Waals surface area contributed by atoms with Gasteiger partial charge in [0.15, 0.2) is 0 Å². The van der Waals surface area contributed by atoms with E-state index in [1.807, 2.05) is 13.0 Å². The van der Waals surface area contributed by atoms with Crippen molar-refractivity contribution in [2.45, 2.75) is 32.2 Å². The van der Waals surface area contributed by atoms with Crippen molar-refractivity contribution in [3.63, 3.8) is 0 Å². The molecular formula is C17H19FN2. The van der Waals surface area contributed by atoms with Crippen LogP contribution in [0.15, 0.2) is 36.4 Å². The summed E-state index contributed by atoms with van der Waals surface area (Å²) in [6.45, 7) is 1.89. The van der Waals surface area contributed by atoms with E-state index in [0.717, 1.165) is 29.5 Å². The predicted molar refractivity (Wildman–Crippen MR) is 78.8 cm³/mol. The van der Waals surface area contributed by atoms with Crippen LogP contribution in [0.1, 0.15) is 40.3 Å². The molecular weight excluding hydrogens is 251 g/mol. The van der Waals surface area contributed by atoms with E-state index in [9.17, 15) is 4.39 Å². The topological polar surface area (TPSA) is 38.0 Å². The number of halogens is 1. The Hall–Kier alpha value is -1.71. The molecule has 3 rings (SSSR count). The van der Waals surface area contributed by atoms with Crippen LogP contribution in [0.4, 0.5) is 4.39 Å². The molecule has 0 spiro atoms. The van der Waals surface area contributed by atoms with Gasteiger partial charge in [0.2, 0.25) is 0 Å². The first-order valence-electron chi connectivity index (χ1n) is 7.02. The Labute approximate surface area is 118 Å². The lowest BCUT2D eigenvalue weighted by molar-refractivity contribution is 0.603. The lowest BCUT2D eigenvalue weighted by Crippen LogP contribution is -2.29. The summed E-state index contributed by atoms with van der Waals surface area (Å²) in [5.41, 5.74) is 8.51. The van der Waals surface area contributed by atoms with Crippen molar-refractivity contribution in [2.24, 2.45) is 5.84 Å². The van der Waals surface area contributed by atoms with Gasteiger partial charge in [-0.3, -0.25) is 5.84 Å². The van der Waals surface area contributed by atoms with E-state index in [-0.39, 0.29) is 11.9 Å². The monoisotopic (exact) mass is 270 g/mol. The Morgan fingerprint density at radius 3 is 2.60 bits per heavy atom. The van der Waals surface area contributed by atoms with E-state index in [1.165, 1.54) is 23.6 Å². The molecule has 2 nitrogen and oxygen atoms in total. The Morgan fingerprint density at radius 2 is 1.85 bits per heavy atom. The van der Waals surface area contributed by atoms with Gasteiger partial charge in [0, 0.05) is 0 Å². The quantitative estimate of drug-likeness (QED) is 0.664. The standard InChI is InChI=1S/C17H19FN2/c1-11-7-15(10-16(18)8-11)17(20-19)14-6-5-12-3-2-4-13(12)9-14/h5-10,17,20H,2-4,19H2,1H3. The van der Waals surface area contributed by atoms with E-state index < -0.39 is 0 Å². The Kier molecular flexibility index (Phi) is 3.55. The fourth-order valence-electron chi connectivity index (χ4n) is 3.09. The highest BCUT2D eigenvalue weighted by Gasteiger charge is 2.17. The SMILES string of the molecule is Cc1cc(F)cc(C(NN)c2ccc3c(c2)CCC3)c1. The van der Waals surface area contributed by atoms with Gasteiger partial charge in [-0.15, -0.1) is 0 Å². The summed E-state index contributed by atoms with van der Waals surface area (Å²) in [5.74, 6) is 5.49. The predicted octanol–water partition coefficient (Wildman–Crippen LogP) is 3.18. The summed E-state index contributed by atoms with van der Waals surface area (Å²) >= 11 is 0. The zero-order valence-corrected chi connectivity index (χ0v) is 11.6. The second kappa shape index (κ2) is 5.35. The molecule has 0 heterocycles. The number of hydrogen-bond acceptors (Lipinski definition) is 2. The molecule has 0 radical (unpaired) electrons. The van der Waals surface area contributed by atoms with E-state index in [2.05, 4.69) is 23.6 Å². The normalized spacial score (nSPS) is 15.2. The highest BCUT2D eigenvalue weighted by molar-refractivity contribution is 5.40. The lowest BCUT2D eigenvalue weighted by atomic mass is 9.95. The zero-order valence-electron chi connectivity index (χ0n) is 11.6. The number of rotatable bonds is 3.